The summed E-state index contributed by atoms with van der Waals surface area (Å²) in [6.07, 6.45) is 5.56. The highest BCUT2D eigenvalue weighted by Gasteiger charge is 2.17. The zero-order chi connectivity index (χ0) is 9.68. The van der Waals surface area contributed by atoms with Crippen LogP contribution in [0, 0.1) is 11.8 Å². The lowest BCUT2D eigenvalue weighted by atomic mass is 10.0. The van der Waals surface area contributed by atoms with Crippen molar-refractivity contribution in [1.82, 2.24) is 5.32 Å². The molecule has 0 radical (unpaired) electrons. The third-order valence-electron chi connectivity index (χ3n) is 3.14. The minimum Gasteiger partial charge on any atom is -0.395 e. The molecule has 1 saturated carbocycles. The van der Waals surface area contributed by atoms with Crippen molar-refractivity contribution in [2.45, 2.75) is 45.6 Å². The fraction of sp³-hybridized carbons (Fsp3) is 1.00. The summed E-state index contributed by atoms with van der Waals surface area (Å²) in [6.45, 7) is 5.68. The predicted molar refractivity (Wildman–Crippen MR) is 55.7 cm³/mol. The number of hydrogen-bond acceptors (Lipinski definition) is 2. The lowest BCUT2D eigenvalue weighted by Crippen LogP contribution is -2.39. The van der Waals surface area contributed by atoms with Crippen molar-refractivity contribution in [3.63, 3.8) is 0 Å². The quantitative estimate of drug-likeness (QED) is 0.684. The second-order valence-electron chi connectivity index (χ2n) is 4.59. The predicted octanol–water partition coefficient (Wildman–Crippen LogP) is 1.78. The fourth-order valence-corrected chi connectivity index (χ4v) is 2.04. The van der Waals surface area contributed by atoms with Crippen LogP contribution >= 0.6 is 0 Å². The minimum atomic E-state index is 0.268. The first-order valence-corrected chi connectivity index (χ1v) is 5.58. The van der Waals surface area contributed by atoms with Gasteiger partial charge in [-0.25, -0.2) is 0 Å². The molecule has 2 heteroatoms. The van der Waals surface area contributed by atoms with Crippen LogP contribution < -0.4 is 5.32 Å². The van der Waals surface area contributed by atoms with Crippen molar-refractivity contribution < 1.29 is 5.11 Å². The molecule has 0 aliphatic heterocycles. The van der Waals surface area contributed by atoms with Crippen LogP contribution in [-0.2, 0) is 0 Å². The van der Waals surface area contributed by atoms with Crippen molar-refractivity contribution in [3.8, 4) is 0 Å². The topological polar surface area (TPSA) is 32.3 Å². The van der Waals surface area contributed by atoms with Gasteiger partial charge >= 0.3 is 0 Å². The second-order valence-corrected chi connectivity index (χ2v) is 4.59. The largest absolute Gasteiger partial charge is 0.395 e. The van der Waals surface area contributed by atoms with E-state index in [4.69, 9.17) is 5.11 Å². The summed E-state index contributed by atoms with van der Waals surface area (Å²) in [5.74, 6) is 1.40. The van der Waals surface area contributed by atoms with Gasteiger partial charge < -0.3 is 10.4 Å². The van der Waals surface area contributed by atoms with Gasteiger partial charge in [0.15, 0.2) is 0 Å². The molecule has 0 bridgehead atoms. The van der Waals surface area contributed by atoms with Gasteiger partial charge in [-0.15, -0.1) is 0 Å². The van der Waals surface area contributed by atoms with Crippen LogP contribution in [0.4, 0.5) is 0 Å². The van der Waals surface area contributed by atoms with Gasteiger partial charge in [-0.2, -0.15) is 0 Å². The van der Waals surface area contributed by atoms with Crippen molar-refractivity contribution in [2.75, 3.05) is 13.2 Å². The smallest absolute Gasteiger partial charge is 0.0587 e. The molecule has 0 heterocycles. The Balaban J connectivity index is 2.15. The van der Waals surface area contributed by atoms with E-state index in [2.05, 4.69) is 19.2 Å². The Bertz CT molecular complexity index is 130. The summed E-state index contributed by atoms with van der Waals surface area (Å²) >= 11 is 0. The number of nitrogens with one attached hydrogen (secondary N) is 1. The summed E-state index contributed by atoms with van der Waals surface area (Å²) in [5, 5.41) is 12.6. The molecule has 0 saturated heterocycles. The molecule has 13 heavy (non-hydrogen) atoms. The standard InChI is InChI=1S/C11H23NO/c1-9(2)11(8-13)12-7-10-5-3-4-6-10/h9-13H,3-8H2,1-2H3. The van der Waals surface area contributed by atoms with Gasteiger partial charge in [-0.3, -0.25) is 0 Å². The zero-order valence-electron chi connectivity index (χ0n) is 8.92. The highest BCUT2D eigenvalue weighted by Crippen LogP contribution is 2.23. The first-order valence-electron chi connectivity index (χ1n) is 5.58. The summed E-state index contributed by atoms with van der Waals surface area (Å²) in [7, 11) is 0. The van der Waals surface area contributed by atoms with Crippen molar-refractivity contribution in [3.05, 3.63) is 0 Å². The van der Waals surface area contributed by atoms with Crippen molar-refractivity contribution in [2.24, 2.45) is 11.8 Å². The number of rotatable bonds is 5. The molecule has 1 atom stereocenters. The van der Waals surface area contributed by atoms with Crippen LogP contribution in [-0.4, -0.2) is 24.3 Å². The molecular weight excluding hydrogens is 162 g/mol. The molecule has 1 aliphatic carbocycles. The number of aliphatic hydroxyl groups excluding tert-OH is 1. The number of aliphatic hydroxyl groups is 1. The third-order valence-corrected chi connectivity index (χ3v) is 3.14. The summed E-state index contributed by atoms with van der Waals surface area (Å²) in [5.41, 5.74) is 0. The van der Waals surface area contributed by atoms with Gasteiger partial charge in [0, 0.05) is 6.04 Å². The highest BCUT2D eigenvalue weighted by atomic mass is 16.3. The molecule has 0 aromatic rings. The van der Waals surface area contributed by atoms with Crippen LogP contribution in [0.15, 0.2) is 0 Å². The van der Waals surface area contributed by atoms with E-state index in [9.17, 15) is 0 Å². The van der Waals surface area contributed by atoms with E-state index in [0.717, 1.165) is 12.5 Å². The van der Waals surface area contributed by atoms with Crippen LogP contribution in [0.25, 0.3) is 0 Å². The molecule has 0 amide bonds. The lowest BCUT2D eigenvalue weighted by Gasteiger charge is -2.22. The van der Waals surface area contributed by atoms with Crippen LogP contribution in [0.3, 0.4) is 0 Å². The molecular formula is C11H23NO. The molecule has 0 aromatic carbocycles. The van der Waals surface area contributed by atoms with Crippen LogP contribution in [0.5, 0.6) is 0 Å². The molecule has 1 rings (SSSR count). The second kappa shape index (κ2) is 5.61. The monoisotopic (exact) mass is 185 g/mol. The lowest BCUT2D eigenvalue weighted by molar-refractivity contribution is 0.205. The van der Waals surface area contributed by atoms with Gasteiger partial charge in [0.1, 0.15) is 0 Å². The van der Waals surface area contributed by atoms with E-state index >= 15 is 0 Å². The van der Waals surface area contributed by atoms with Gasteiger partial charge in [-0.1, -0.05) is 26.7 Å². The van der Waals surface area contributed by atoms with E-state index < -0.39 is 0 Å². The van der Waals surface area contributed by atoms with E-state index in [-0.39, 0.29) is 6.61 Å². The highest BCUT2D eigenvalue weighted by molar-refractivity contribution is 4.74. The molecule has 2 nitrogen and oxygen atoms in total. The Morgan fingerprint density at radius 3 is 2.38 bits per heavy atom. The average molecular weight is 185 g/mol. The molecule has 0 spiro atoms. The zero-order valence-corrected chi connectivity index (χ0v) is 8.92. The Morgan fingerprint density at radius 1 is 1.31 bits per heavy atom. The third kappa shape index (κ3) is 3.65. The van der Waals surface area contributed by atoms with Gasteiger partial charge in [0.2, 0.25) is 0 Å². The Hall–Kier alpha value is -0.0800. The molecule has 1 fully saturated rings. The van der Waals surface area contributed by atoms with E-state index in [1.807, 2.05) is 0 Å². The van der Waals surface area contributed by atoms with Gasteiger partial charge in [0.05, 0.1) is 6.61 Å². The van der Waals surface area contributed by atoms with E-state index in [1.165, 1.54) is 25.7 Å². The maximum Gasteiger partial charge on any atom is 0.0587 e. The molecule has 78 valence electrons. The summed E-state index contributed by atoms with van der Waals surface area (Å²) in [6, 6.07) is 0.292. The fourth-order valence-electron chi connectivity index (χ4n) is 2.04. The first-order chi connectivity index (χ1) is 6.24. The Kier molecular flexibility index (Phi) is 4.74. The minimum absolute atomic E-state index is 0.268. The van der Waals surface area contributed by atoms with Crippen molar-refractivity contribution >= 4 is 0 Å². The molecule has 1 unspecified atom stereocenters. The Morgan fingerprint density at radius 2 is 1.92 bits per heavy atom. The normalized spacial score (nSPS) is 21.2. The maximum absolute atomic E-state index is 9.11. The number of hydrogen-bond donors (Lipinski definition) is 2. The van der Waals surface area contributed by atoms with E-state index in [0.29, 0.717) is 12.0 Å². The summed E-state index contributed by atoms with van der Waals surface area (Å²) < 4.78 is 0. The molecule has 1 aliphatic rings. The van der Waals surface area contributed by atoms with Crippen LogP contribution in [0.1, 0.15) is 39.5 Å². The average Bonchev–Trinajstić information content (AvgIpc) is 2.57. The van der Waals surface area contributed by atoms with Crippen molar-refractivity contribution in [1.29, 1.82) is 0 Å². The molecule has 0 aromatic heterocycles. The molecule has 2 N–H and O–H groups in total. The Labute approximate surface area is 81.7 Å². The van der Waals surface area contributed by atoms with Crippen LogP contribution in [0.2, 0.25) is 0 Å². The van der Waals surface area contributed by atoms with Gasteiger partial charge in [-0.05, 0) is 31.2 Å². The van der Waals surface area contributed by atoms with E-state index in [1.54, 1.807) is 0 Å². The van der Waals surface area contributed by atoms with Gasteiger partial charge in [0.25, 0.3) is 0 Å². The first kappa shape index (κ1) is 11.0. The summed E-state index contributed by atoms with van der Waals surface area (Å²) in [4.78, 5) is 0. The maximum atomic E-state index is 9.11. The SMILES string of the molecule is CC(C)C(CO)NCC1CCCC1.